The van der Waals surface area contributed by atoms with Crippen LogP contribution < -0.4 is 0 Å². The van der Waals surface area contributed by atoms with Crippen LogP contribution in [0.1, 0.15) is 18.1 Å². The number of hydrogen-bond donors (Lipinski definition) is 1. The topological polar surface area (TPSA) is 86.0 Å². The molecule has 2 heterocycles. The van der Waals surface area contributed by atoms with Gasteiger partial charge in [0, 0.05) is 49.8 Å². The zero-order valence-corrected chi connectivity index (χ0v) is 18.2. The van der Waals surface area contributed by atoms with Crippen LogP contribution in [0.5, 0.6) is 0 Å². The summed E-state index contributed by atoms with van der Waals surface area (Å²) >= 11 is 0. The quantitative estimate of drug-likeness (QED) is 0.736. The number of nitrogens with zero attached hydrogens (tertiary/aromatic N) is 3. The first-order valence-electron chi connectivity index (χ1n) is 9.93. The number of ether oxygens (including phenoxy) is 1. The van der Waals surface area contributed by atoms with Gasteiger partial charge in [-0.25, -0.2) is 13.2 Å². The number of aromatic amines is 1. The van der Waals surface area contributed by atoms with E-state index in [0.717, 1.165) is 29.4 Å². The number of H-pyrrole nitrogens is 1. The molecule has 0 radical (unpaired) electrons. The van der Waals surface area contributed by atoms with Gasteiger partial charge in [-0.1, -0.05) is 6.07 Å². The Bertz CT molecular complexity index is 947. The van der Waals surface area contributed by atoms with Gasteiger partial charge in [-0.15, -0.1) is 0 Å². The third kappa shape index (κ3) is 5.29. The Hall–Kier alpha value is -2.10. The smallest absolute Gasteiger partial charge is 0.409 e. The van der Waals surface area contributed by atoms with Gasteiger partial charge in [0.15, 0.2) is 0 Å². The fraction of sp³-hybridized carbons (Fsp3) is 0.550. The van der Waals surface area contributed by atoms with E-state index < -0.39 is 10.0 Å². The zero-order chi connectivity index (χ0) is 21.0. The van der Waals surface area contributed by atoms with Gasteiger partial charge in [-0.05, 0) is 50.7 Å². The van der Waals surface area contributed by atoms with Crippen LogP contribution in [0.25, 0.3) is 10.9 Å². The number of aromatic nitrogens is 1. The third-order valence-electron chi connectivity index (χ3n) is 5.17. The van der Waals surface area contributed by atoms with E-state index in [1.807, 2.05) is 38.5 Å². The Balaban J connectivity index is 1.68. The lowest BCUT2D eigenvalue weighted by Crippen LogP contribution is -2.50. The maximum Gasteiger partial charge on any atom is 0.409 e. The lowest BCUT2D eigenvalue weighted by Gasteiger charge is -2.33. The van der Waals surface area contributed by atoms with E-state index in [1.54, 1.807) is 11.8 Å². The zero-order valence-electron chi connectivity index (χ0n) is 17.3. The minimum Gasteiger partial charge on any atom is -0.450 e. The molecule has 0 spiro atoms. The van der Waals surface area contributed by atoms with Gasteiger partial charge < -0.3 is 19.5 Å². The van der Waals surface area contributed by atoms with Gasteiger partial charge in [0.1, 0.15) is 0 Å². The number of sulfonamides is 1. The Kier molecular flexibility index (Phi) is 6.81. The Labute approximate surface area is 172 Å². The average Bonchev–Trinajstić information content (AvgIpc) is 3.08. The Morgan fingerprint density at radius 1 is 1.21 bits per heavy atom. The minimum absolute atomic E-state index is 0.0410. The van der Waals surface area contributed by atoms with Crippen LogP contribution in [-0.2, 0) is 26.9 Å². The second-order valence-electron chi connectivity index (χ2n) is 7.59. The number of rotatable bonds is 7. The second-order valence-corrected chi connectivity index (χ2v) is 9.56. The van der Waals surface area contributed by atoms with Crippen LogP contribution in [0.15, 0.2) is 24.4 Å². The fourth-order valence-corrected chi connectivity index (χ4v) is 5.03. The van der Waals surface area contributed by atoms with Crippen molar-refractivity contribution < 1.29 is 17.9 Å². The molecule has 8 nitrogen and oxygen atoms in total. The van der Waals surface area contributed by atoms with Gasteiger partial charge in [0.05, 0.1) is 12.4 Å². The van der Waals surface area contributed by atoms with Crippen molar-refractivity contribution in [3.05, 3.63) is 35.5 Å². The molecule has 0 atom stereocenters. The summed E-state index contributed by atoms with van der Waals surface area (Å²) in [7, 11) is 0.621. The molecular weight excluding hydrogens is 392 g/mol. The van der Waals surface area contributed by atoms with E-state index in [9.17, 15) is 13.2 Å². The van der Waals surface area contributed by atoms with Gasteiger partial charge >= 0.3 is 6.09 Å². The number of fused-ring (bicyclic) bond motifs is 1. The summed E-state index contributed by atoms with van der Waals surface area (Å²) in [6.07, 6.45) is 2.52. The molecule has 1 N–H and O–H groups in total. The van der Waals surface area contributed by atoms with Gasteiger partial charge in [0.2, 0.25) is 10.0 Å². The Morgan fingerprint density at radius 2 is 1.93 bits per heavy atom. The molecular formula is C20H30N4O4S. The van der Waals surface area contributed by atoms with Crippen molar-refractivity contribution >= 4 is 27.0 Å². The molecule has 3 rings (SSSR count). The van der Waals surface area contributed by atoms with E-state index in [2.05, 4.69) is 9.88 Å². The summed E-state index contributed by atoms with van der Waals surface area (Å²) in [5, 5.41) is 1.08. The molecule has 1 saturated heterocycles. The van der Waals surface area contributed by atoms with Crippen molar-refractivity contribution in [1.29, 1.82) is 0 Å². The second kappa shape index (κ2) is 9.15. The van der Waals surface area contributed by atoms with Crippen molar-refractivity contribution in [2.75, 3.05) is 53.4 Å². The maximum atomic E-state index is 12.9. The molecule has 29 heavy (non-hydrogen) atoms. The molecule has 0 aliphatic carbocycles. The number of benzene rings is 1. The molecule has 1 aromatic heterocycles. The highest BCUT2D eigenvalue weighted by Gasteiger charge is 2.29. The average molecular weight is 423 g/mol. The van der Waals surface area contributed by atoms with Crippen LogP contribution in [-0.4, -0.2) is 87.0 Å². The van der Waals surface area contributed by atoms with Crippen LogP contribution in [0.2, 0.25) is 0 Å². The normalized spacial score (nSPS) is 15.9. The van der Waals surface area contributed by atoms with Crippen LogP contribution >= 0.6 is 0 Å². The number of hydrogen-bond acceptors (Lipinski definition) is 5. The number of piperazine rings is 1. The van der Waals surface area contributed by atoms with Gasteiger partial charge in [-0.3, -0.25) is 0 Å². The number of amides is 1. The molecule has 0 bridgehead atoms. The van der Waals surface area contributed by atoms with E-state index in [4.69, 9.17) is 4.74 Å². The lowest BCUT2D eigenvalue weighted by atomic mass is 10.1. The minimum atomic E-state index is -3.45. The van der Waals surface area contributed by atoms with Crippen molar-refractivity contribution in [2.45, 2.75) is 19.1 Å². The molecule has 9 heteroatoms. The molecule has 1 aliphatic heterocycles. The largest absolute Gasteiger partial charge is 0.450 e. The summed E-state index contributed by atoms with van der Waals surface area (Å²) in [5.74, 6) is -0.0410. The van der Waals surface area contributed by atoms with Gasteiger partial charge in [-0.2, -0.15) is 4.31 Å². The first-order chi connectivity index (χ1) is 13.8. The predicted octanol–water partition coefficient (Wildman–Crippen LogP) is 1.88. The highest BCUT2D eigenvalue weighted by molar-refractivity contribution is 7.88. The monoisotopic (exact) mass is 422 g/mol. The summed E-state index contributed by atoms with van der Waals surface area (Å²) in [6.45, 7) is 4.29. The summed E-state index contributed by atoms with van der Waals surface area (Å²) in [6, 6.07) is 5.78. The highest BCUT2D eigenvalue weighted by atomic mass is 32.2. The highest BCUT2D eigenvalue weighted by Crippen LogP contribution is 2.23. The molecule has 160 valence electrons. The molecule has 0 saturated carbocycles. The van der Waals surface area contributed by atoms with Crippen molar-refractivity contribution in [2.24, 2.45) is 0 Å². The predicted molar refractivity (Wildman–Crippen MR) is 113 cm³/mol. The van der Waals surface area contributed by atoms with Crippen molar-refractivity contribution in [3.8, 4) is 0 Å². The van der Waals surface area contributed by atoms with Crippen LogP contribution in [0.4, 0.5) is 4.79 Å². The number of carbonyl (C=O) groups is 1. The summed E-state index contributed by atoms with van der Waals surface area (Å²) in [4.78, 5) is 18.7. The standard InChI is InChI=1S/C20H30N4O4S/c1-4-28-20(25)23-9-11-24(12-10-23)29(26,27)15-16-5-6-19-18(13-16)17(14-21-19)7-8-22(2)3/h5-6,13-14,21H,4,7-12,15H2,1-3H3. The molecule has 1 aliphatic rings. The first kappa shape index (κ1) is 21.6. The van der Waals surface area contributed by atoms with Crippen LogP contribution in [0, 0.1) is 0 Å². The SMILES string of the molecule is CCOC(=O)N1CCN(S(=O)(=O)Cc2ccc3[nH]cc(CCN(C)C)c3c2)CC1. The van der Waals surface area contributed by atoms with Crippen LogP contribution in [0.3, 0.4) is 0 Å². The van der Waals surface area contributed by atoms with Crippen molar-refractivity contribution in [1.82, 2.24) is 19.1 Å². The lowest BCUT2D eigenvalue weighted by molar-refractivity contribution is 0.0934. The van der Waals surface area contributed by atoms with E-state index in [-0.39, 0.29) is 11.8 Å². The van der Waals surface area contributed by atoms with E-state index >= 15 is 0 Å². The fourth-order valence-electron chi connectivity index (χ4n) is 3.53. The molecule has 1 amide bonds. The third-order valence-corrected chi connectivity index (χ3v) is 7.02. The Morgan fingerprint density at radius 3 is 2.59 bits per heavy atom. The molecule has 2 aromatic rings. The molecule has 1 aromatic carbocycles. The summed E-state index contributed by atoms with van der Waals surface area (Å²) < 4.78 is 32.3. The maximum absolute atomic E-state index is 12.9. The number of carbonyl (C=O) groups excluding carboxylic acids is 1. The van der Waals surface area contributed by atoms with E-state index in [1.165, 1.54) is 9.87 Å². The van der Waals surface area contributed by atoms with Crippen molar-refractivity contribution in [3.63, 3.8) is 0 Å². The number of likely N-dealkylation sites (N-methyl/N-ethyl adjacent to an activating group) is 1. The summed E-state index contributed by atoms with van der Waals surface area (Å²) in [5.41, 5.74) is 2.98. The van der Waals surface area contributed by atoms with Gasteiger partial charge in [0.25, 0.3) is 0 Å². The first-order valence-corrected chi connectivity index (χ1v) is 11.5. The molecule has 1 fully saturated rings. The van der Waals surface area contributed by atoms with E-state index in [0.29, 0.717) is 32.8 Å². The molecule has 0 unspecified atom stereocenters. The number of nitrogens with one attached hydrogen (secondary N) is 1.